The number of rotatable bonds is 1. The Morgan fingerprint density at radius 1 is 1.18 bits per heavy atom. The molecule has 0 N–H and O–H groups in total. The monoisotopic (exact) mass is 172 g/mol. The van der Waals surface area contributed by atoms with Crippen LogP contribution in [-0.4, -0.2) is 23.3 Å². The van der Waals surface area contributed by atoms with Gasteiger partial charge in [0.2, 0.25) is 0 Å². The minimum atomic E-state index is 0.129. The smallest absolute Gasteiger partial charge is 0.0939 e. The quantitative estimate of drug-likeness (QED) is 0.555. The molecule has 0 saturated carbocycles. The molecular weight excluding hydrogens is 155 g/mol. The highest BCUT2D eigenvalue weighted by molar-refractivity contribution is 7.23. The first-order valence-electron chi connectivity index (χ1n) is 4.26. The molecule has 0 aromatic rings. The maximum Gasteiger partial charge on any atom is 0.0939 e. The highest BCUT2D eigenvalue weighted by atomic mass is 31.1. The summed E-state index contributed by atoms with van der Waals surface area (Å²) in [5.41, 5.74) is 0.129. The van der Waals surface area contributed by atoms with Gasteiger partial charge in [-0.15, -0.1) is 0 Å². The summed E-state index contributed by atoms with van der Waals surface area (Å²) in [6, 6.07) is 0. The van der Waals surface area contributed by atoms with Crippen LogP contribution in [0, 0.1) is 0 Å². The van der Waals surface area contributed by atoms with Crippen molar-refractivity contribution in [2.24, 2.45) is 4.74 Å². The molecule has 2 nitrogen and oxygen atoms in total. The first kappa shape index (κ1) is 9.15. The second-order valence-electron chi connectivity index (χ2n) is 4.02. The van der Waals surface area contributed by atoms with Crippen molar-refractivity contribution in [1.82, 2.24) is 4.67 Å². The zero-order valence-electron chi connectivity index (χ0n) is 7.67. The van der Waals surface area contributed by atoms with Crippen molar-refractivity contribution in [3.63, 3.8) is 0 Å². The molecule has 0 unspecified atom stereocenters. The van der Waals surface area contributed by atoms with Gasteiger partial charge >= 0.3 is 0 Å². The topological polar surface area (TPSA) is 15.6 Å². The summed E-state index contributed by atoms with van der Waals surface area (Å²) in [5.74, 6) is 0. The van der Waals surface area contributed by atoms with E-state index in [-0.39, 0.29) is 5.54 Å². The van der Waals surface area contributed by atoms with Crippen molar-refractivity contribution in [3.8, 4) is 0 Å². The first-order chi connectivity index (χ1) is 5.08. The van der Waals surface area contributed by atoms with E-state index in [1.165, 1.54) is 34.5 Å². The largest absolute Gasteiger partial charge is 0.247 e. The molecule has 0 atom stereocenters. The minimum Gasteiger partial charge on any atom is -0.247 e. The lowest BCUT2D eigenvalue weighted by atomic mass is 10.1. The third-order valence-corrected chi connectivity index (χ3v) is 2.90. The van der Waals surface area contributed by atoms with Crippen molar-refractivity contribution in [3.05, 3.63) is 0 Å². The number of hydrogen-bond acceptors (Lipinski definition) is 1. The van der Waals surface area contributed by atoms with Gasteiger partial charge in [-0.1, -0.05) is 0 Å². The molecular formula is C8H17N2P. The lowest BCUT2D eigenvalue weighted by molar-refractivity contribution is 0.555. The van der Waals surface area contributed by atoms with Crippen LogP contribution in [0.25, 0.3) is 0 Å². The predicted molar refractivity (Wildman–Crippen MR) is 49.9 cm³/mol. The molecule has 3 heteroatoms. The fourth-order valence-electron chi connectivity index (χ4n) is 0.987. The van der Waals surface area contributed by atoms with E-state index in [2.05, 4.69) is 30.2 Å². The molecule has 1 rings (SSSR count). The van der Waals surface area contributed by atoms with Crippen molar-refractivity contribution >= 4 is 8.52 Å². The fraction of sp³-hybridized carbons (Fsp3) is 1.00. The Morgan fingerprint density at radius 3 is 2.18 bits per heavy atom. The summed E-state index contributed by atoms with van der Waals surface area (Å²) < 4.78 is 6.93. The minimum absolute atomic E-state index is 0.129. The van der Waals surface area contributed by atoms with Gasteiger partial charge in [-0.05, 0) is 33.6 Å². The van der Waals surface area contributed by atoms with Crippen LogP contribution in [-0.2, 0) is 0 Å². The van der Waals surface area contributed by atoms with Crippen molar-refractivity contribution < 1.29 is 0 Å². The van der Waals surface area contributed by atoms with Gasteiger partial charge in [0.1, 0.15) is 0 Å². The standard InChI is InChI=1S/C8H17N2P/c1-8(2,3)9-11-10-6-4-5-7-10/h4-7H2,1-3H3. The molecule has 0 aliphatic carbocycles. The fourth-order valence-corrected chi connectivity index (χ4v) is 1.84. The lowest BCUT2D eigenvalue weighted by Crippen LogP contribution is -2.10. The van der Waals surface area contributed by atoms with E-state index in [1.807, 2.05) is 0 Å². The normalized spacial score (nSPS) is 21.7. The molecule has 0 aromatic heterocycles. The molecule has 1 saturated heterocycles. The predicted octanol–water partition coefficient (Wildman–Crippen LogP) is 2.93. The van der Waals surface area contributed by atoms with Crippen LogP contribution >= 0.6 is 8.52 Å². The van der Waals surface area contributed by atoms with Gasteiger partial charge in [0, 0.05) is 13.1 Å². The summed E-state index contributed by atoms with van der Waals surface area (Å²) in [5, 5.41) is 0. The Kier molecular flexibility index (Phi) is 3.03. The third kappa shape index (κ3) is 3.83. The Balaban J connectivity index is 2.34. The SMILES string of the molecule is CC(C)(C)/N=P/N1CCCC1. The maximum atomic E-state index is 4.54. The van der Waals surface area contributed by atoms with E-state index >= 15 is 0 Å². The lowest BCUT2D eigenvalue weighted by Gasteiger charge is -2.12. The molecule has 0 aromatic carbocycles. The van der Waals surface area contributed by atoms with E-state index in [9.17, 15) is 0 Å². The van der Waals surface area contributed by atoms with Crippen LogP contribution in [0.1, 0.15) is 33.6 Å². The van der Waals surface area contributed by atoms with Gasteiger partial charge in [0.05, 0.1) is 14.1 Å². The average Bonchev–Trinajstić information content (AvgIpc) is 2.32. The molecule has 1 heterocycles. The van der Waals surface area contributed by atoms with Gasteiger partial charge in [-0.3, -0.25) is 0 Å². The Morgan fingerprint density at radius 2 is 1.73 bits per heavy atom. The van der Waals surface area contributed by atoms with Crippen LogP contribution in [0.5, 0.6) is 0 Å². The molecule has 1 aliphatic heterocycles. The zero-order chi connectivity index (χ0) is 8.32. The van der Waals surface area contributed by atoms with Crippen LogP contribution in [0.2, 0.25) is 0 Å². The maximum absolute atomic E-state index is 4.54. The molecule has 64 valence electrons. The summed E-state index contributed by atoms with van der Waals surface area (Å²) in [4.78, 5) is 0. The zero-order valence-corrected chi connectivity index (χ0v) is 8.56. The second-order valence-corrected chi connectivity index (χ2v) is 4.97. The van der Waals surface area contributed by atoms with Crippen LogP contribution in [0.3, 0.4) is 0 Å². The summed E-state index contributed by atoms with van der Waals surface area (Å²) in [6.07, 6.45) is 2.71. The Bertz CT molecular complexity index is 143. The molecule has 0 amide bonds. The van der Waals surface area contributed by atoms with Gasteiger partial charge in [0.25, 0.3) is 0 Å². The van der Waals surface area contributed by atoms with E-state index in [1.54, 1.807) is 0 Å². The van der Waals surface area contributed by atoms with Crippen LogP contribution < -0.4 is 0 Å². The highest BCUT2D eigenvalue weighted by Gasteiger charge is 2.11. The first-order valence-corrected chi connectivity index (χ1v) is 5.06. The van der Waals surface area contributed by atoms with Crippen molar-refractivity contribution in [2.75, 3.05) is 13.1 Å². The average molecular weight is 172 g/mol. The Labute approximate surface area is 70.9 Å². The number of hydrogen-bond donors (Lipinski definition) is 0. The molecule has 1 aliphatic rings. The van der Waals surface area contributed by atoms with Gasteiger partial charge in [-0.2, -0.15) is 0 Å². The van der Waals surface area contributed by atoms with E-state index in [4.69, 9.17) is 0 Å². The molecule has 0 bridgehead atoms. The molecule has 11 heavy (non-hydrogen) atoms. The van der Waals surface area contributed by atoms with E-state index in [0.29, 0.717) is 0 Å². The van der Waals surface area contributed by atoms with E-state index in [0.717, 1.165) is 0 Å². The van der Waals surface area contributed by atoms with Crippen LogP contribution in [0.4, 0.5) is 0 Å². The van der Waals surface area contributed by atoms with Gasteiger partial charge in [-0.25, -0.2) is 9.42 Å². The van der Waals surface area contributed by atoms with Crippen molar-refractivity contribution in [2.45, 2.75) is 39.2 Å². The molecule has 0 radical (unpaired) electrons. The van der Waals surface area contributed by atoms with Gasteiger partial charge in [0.15, 0.2) is 0 Å². The second kappa shape index (κ2) is 3.64. The van der Waals surface area contributed by atoms with Gasteiger partial charge < -0.3 is 0 Å². The summed E-state index contributed by atoms with van der Waals surface area (Å²) >= 11 is 0. The highest BCUT2D eigenvalue weighted by Crippen LogP contribution is 2.22. The molecule has 0 spiro atoms. The number of nitrogens with zero attached hydrogens (tertiary/aromatic N) is 2. The third-order valence-electron chi connectivity index (χ3n) is 1.55. The summed E-state index contributed by atoms with van der Waals surface area (Å²) in [7, 11) is 1.17. The Hall–Kier alpha value is 0.0600. The summed E-state index contributed by atoms with van der Waals surface area (Å²) in [6.45, 7) is 8.92. The van der Waals surface area contributed by atoms with Crippen LogP contribution in [0.15, 0.2) is 4.74 Å². The molecule has 1 fully saturated rings. The van der Waals surface area contributed by atoms with E-state index < -0.39 is 0 Å². The van der Waals surface area contributed by atoms with Crippen molar-refractivity contribution in [1.29, 1.82) is 0 Å².